The molecule has 1 aromatic heterocycles. The molecule has 166 valence electrons. The summed E-state index contributed by atoms with van der Waals surface area (Å²) in [6, 6.07) is 16.3. The summed E-state index contributed by atoms with van der Waals surface area (Å²) in [5.41, 5.74) is 2.66. The third-order valence-corrected chi connectivity index (χ3v) is 5.19. The van der Waals surface area contributed by atoms with Gasteiger partial charge in [-0.05, 0) is 31.5 Å². The number of nitrogens with zero attached hydrogens (tertiary/aromatic N) is 3. The topological polar surface area (TPSA) is 50.5 Å². The number of para-hydroxylation sites is 1. The van der Waals surface area contributed by atoms with Gasteiger partial charge in [-0.15, -0.1) is 0 Å². The molecule has 31 heavy (non-hydrogen) atoms. The van der Waals surface area contributed by atoms with Gasteiger partial charge in [0.1, 0.15) is 5.69 Å². The minimum absolute atomic E-state index is 0.166. The average Bonchev–Trinajstić information content (AvgIpc) is 3.06. The molecule has 0 fully saturated rings. The lowest BCUT2D eigenvalue weighted by Gasteiger charge is -2.25. The SMILES string of the molecule is CCC[C@H](O)CN(CCC)Cc1c(-c2ccccc2)nn(C)c1Oc1ccccc1F. The van der Waals surface area contributed by atoms with Gasteiger partial charge in [0.05, 0.1) is 11.7 Å². The second kappa shape index (κ2) is 11.1. The van der Waals surface area contributed by atoms with Crippen molar-refractivity contribution in [3.63, 3.8) is 0 Å². The lowest BCUT2D eigenvalue weighted by Crippen LogP contribution is -2.32. The van der Waals surface area contributed by atoms with Crippen LogP contribution in [0.3, 0.4) is 0 Å². The van der Waals surface area contributed by atoms with Crippen LogP contribution in [0.4, 0.5) is 4.39 Å². The predicted molar refractivity (Wildman–Crippen MR) is 122 cm³/mol. The summed E-state index contributed by atoms with van der Waals surface area (Å²) in [5, 5.41) is 15.1. The summed E-state index contributed by atoms with van der Waals surface area (Å²) in [4.78, 5) is 2.22. The standard InChI is InChI=1S/C25H32FN3O2/c1-4-11-20(30)17-29(16-5-2)18-21-24(19-12-7-6-8-13-19)27-28(3)25(21)31-23-15-10-9-14-22(23)26/h6-10,12-15,20,30H,4-5,11,16-18H2,1-3H3/t20-/m0/s1. The van der Waals surface area contributed by atoms with Crippen molar-refractivity contribution in [1.29, 1.82) is 0 Å². The van der Waals surface area contributed by atoms with Gasteiger partial charge in [-0.2, -0.15) is 5.10 Å². The van der Waals surface area contributed by atoms with E-state index in [1.165, 1.54) is 6.07 Å². The molecule has 0 bridgehead atoms. The van der Waals surface area contributed by atoms with Crippen molar-refractivity contribution in [2.45, 2.75) is 45.8 Å². The summed E-state index contributed by atoms with van der Waals surface area (Å²) >= 11 is 0. The number of benzene rings is 2. The zero-order valence-electron chi connectivity index (χ0n) is 18.6. The second-order valence-corrected chi connectivity index (χ2v) is 7.83. The second-order valence-electron chi connectivity index (χ2n) is 7.83. The number of aryl methyl sites for hydroxylation is 1. The smallest absolute Gasteiger partial charge is 0.222 e. The van der Waals surface area contributed by atoms with E-state index < -0.39 is 5.82 Å². The molecule has 0 aliphatic rings. The van der Waals surface area contributed by atoms with Gasteiger partial charge in [0, 0.05) is 25.7 Å². The van der Waals surface area contributed by atoms with Crippen molar-refractivity contribution in [1.82, 2.24) is 14.7 Å². The van der Waals surface area contributed by atoms with Crippen LogP contribution < -0.4 is 4.74 Å². The zero-order chi connectivity index (χ0) is 22.2. The number of aromatic nitrogens is 2. The first-order chi connectivity index (χ1) is 15.0. The summed E-state index contributed by atoms with van der Waals surface area (Å²) < 4.78 is 22.0. The number of hydrogen-bond acceptors (Lipinski definition) is 4. The highest BCUT2D eigenvalue weighted by molar-refractivity contribution is 5.65. The maximum Gasteiger partial charge on any atom is 0.222 e. The Balaban J connectivity index is 2.00. The highest BCUT2D eigenvalue weighted by atomic mass is 19.1. The molecule has 0 radical (unpaired) electrons. The molecule has 0 saturated carbocycles. The van der Waals surface area contributed by atoms with Crippen molar-refractivity contribution in [2.75, 3.05) is 13.1 Å². The van der Waals surface area contributed by atoms with Crippen molar-refractivity contribution >= 4 is 0 Å². The molecular formula is C25H32FN3O2. The molecule has 2 aromatic carbocycles. The fraction of sp³-hybridized carbons (Fsp3) is 0.400. The zero-order valence-corrected chi connectivity index (χ0v) is 18.6. The molecule has 6 heteroatoms. The molecular weight excluding hydrogens is 393 g/mol. The first-order valence-corrected chi connectivity index (χ1v) is 11.0. The molecule has 5 nitrogen and oxygen atoms in total. The molecule has 3 rings (SSSR count). The number of halogens is 1. The van der Waals surface area contributed by atoms with E-state index in [0.717, 1.165) is 42.6 Å². The van der Waals surface area contributed by atoms with E-state index in [2.05, 4.69) is 18.7 Å². The summed E-state index contributed by atoms with van der Waals surface area (Å²) in [7, 11) is 1.81. The van der Waals surface area contributed by atoms with E-state index in [4.69, 9.17) is 9.84 Å². The molecule has 1 heterocycles. The van der Waals surface area contributed by atoms with E-state index in [1.807, 2.05) is 37.4 Å². The number of aliphatic hydroxyl groups is 1. The Morgan fingerprint density at radius 2 is 1.77 bits per heavy atom. The van der Waals surface area contributed by atoms with Crippen LogP contribution >= 0.6 is 0 Å². The quantitative estimate of drug-likeness (QED) is 0.447. The Morgan fingerprint density at radius 1 is 1.06 bits per heavy atom. The van der Waals surface area contributed by atoms with Crippen LogP contribution in [0.15, 0.2) is 54.6 Å². The molecule has 0 amide bonds. The third kappa shape index (κ3) is 5.93. The van der Waals surface area contributed by atoms with Gasteiger partial charge in [0.25, 0.3) is 0 Å². The summed E-state index contributed by atoms with van der Waals surface area (Å²) in [6.45, 7) is 6.16. The van der Waals surface area contributed by atoms with Crippen molar-refractivity contribution in [3.8, 4) is 22.9 Å². The molecule has 0 aliphatic heterocycles. The minimum Gasteiger partial charge on any atom is -0.436 e. The van der Waals surface area contributed by atoms with Crippen molar-refractivity contribution < 1.29 is 14.2 Å². The van der Waals surface area contributed by atoms with Crippen LogP contribution in [0.2, 0.25) is 0 Å². The fourth-order valence-electron chi connectivity index (χ4n) is 3.78. The minimum atomic E-state index is -0.417. The van der Waals surface area contributed by atoms with Gasteiger partial charge in [0.2, 0.25) is 5.88 Å². The lowest BCUT2D eigenvalue weighted by molar-refractivity contribution is 0.100. The van der Waals surface area contributed by atoms with Crippen LogP contribution in [0.5, 0.6) is 11.6 Å². The molecule has 0 spiro atoms. The lowest BCUT2D eigenvalue weighted by atomic mass is 10.1. The van der Waals surface area contributed by atoms with E-state index in [-0.39, 0.29) is 11.9 Å². The third-order valence-electron chi connectivity index (χ3n) is 5.19. The van der Waals surface area contributed by atoms with Gasteiger partial charge in [0.15, 0.2) is 11.6 Å². The van der Waals surface area contributed by atoms with Gasteiger partial charge < -0.3 is 9.84 Å². The Bertz CT molecular complexity index is 959. The van der Waals surface area contributed by atoms with E-state index >= 15 is 0 Å². The van der Waals surface area contributed by atoms with E-state index in [1.54, 1.807) is 22.9 Å². The van der Waals surface area contributed by atoms with Crippen molar-refractivity contribution in [2.24, 2.45) is 7.05 Å². The number of aliphatic hydroxyl groups excluding tert-OH is 1. The van der Waals surface area contributed by atoms with Crippen LogP contribution in [-0.2, 0) is 13.6 Å². The maximum atomic E-state index is 14.3. The van der Waals surface area contributed by atoms with Gasteiger partial charge >= 0.3 is 0 Å². The fourth-order valence-corrected chi connectivity index (χ4v) is 3.78. The molecule has 0 aliphatic carbocycles. The van der Waals surface area contributed by atoms with Gasteiger partial charge in [-0.1, -0.05) is 62.7 Å². The summed E-state index contributed by atoms with van der Waals surface area (Å²) in [5.74, 6) is 0.258. The Labute approximate surface area is 184 Å². The van der Waals surface area contributed by atoms with Crippen LogP contribution in [0.25, 0.3) is 11.3 Å². The van der Waals surface area contributed by atoms with Crippen molar-refractivity contribution in [3.05, 3.63) is 66.0 Å². The first-order valence-electron chi connectivity index (χ1n) is 11.0. The molecule has 0 unspecified atom stereocenters. The highest BCUT2D eigenvalue weighted by Gasteiger charge is 2.23. The number of ether oxygens (including phenoxy) is 1. The van der Waals surface area contributed by atoms with E-state index in [9.17, 15) is 9.50 Å². The monoisotopic (exact) mass is 425 g/mol. The Hall–Kier alpha value is -2.70. The van der Waals surface area contributed by atoms with Crippen LogP contribution in [-0.4, -0.2) is 39.0 Å². The Morgan fingerprint density at radius 3 is 2.45 bits per heavy atom. The van der Waals surface area contributed by atoms with Crippen LogP contribution in [0, 0.1) is 5.82 Å². The molecule has 3 aromatic rings. The highest BCUT2D eigenvalue weighted by Crippen LogP contribution is 2.35. The summed E-state index contributed by atoms with van der Waals surface area (Å²) in [6.07, 6.45) is 2.27. The molecule has 1 atom stereocenters. The molecule has 1 N–H and O–H groups in total. The van der Waals surface area contributed by atoms with Crippen LogP contribution in [0.1, 0.15) is 38.7 Å². The average molecular weight is 426 g/mol. The normalized spacial score (nSPS) is 12.3. The maximum absolute atomic E-state index is 14.3. The van der Waals surface area contributed by atoms with Gasteiger partial charge in [-0.3, -0.25) is 4.90 Å². The Kier molecular flexibility index (Phi) is 8.20. The molecule has 0 saturated heterocycles. The van der Waals surface area contributed by atoms with Gasteiger partial charge in [-0.25, -0.2) is 9.07 Å². The largest absolute Gasteiger partial charge is 0.436 e. The van der Waals surface area contributed by atoms with E-state index in [0.29, 0.717) is 19.0 Å². The predicted octanol–water partition coefficient (Wildman–Crippen LogP) is 5.39. The number of hydrogen-bond donors (Lipinski definition) is 1. The number of rotatable bonds is 11. The first kappa shape index (κ1) is 23.0.